The number of carbonyl (C=O) groups is 1. The maximum absolute atomic E-state index is 11.9. The van der Waals surface area contributed by atoms with E-state index in [1.54, 1.807) is 11.9 Å². The van der Waals surface area contributed by atoms with Crippen molar-refractivity contribution in [3.05, 3.63) is 35.9 Å². The maximum Gasteiger partial charge on any atom is 0.224 e. The van der Waals surface area contributed by atoms with Gasteiger partial charge in [0.15, 0.2) is 0 Å². The fraction of sp³-hybridized carbons (Fsp3) is 0.462. The van der Waals surface area contributed by atoms with Crippen molar-refractivity contribution in [2.24, 2.45) is 5.73 Å². The Morgan fingerprint density at radius 3 is 2.65 bits per heavy atom. The Bertz CT molecular complexity index is 340. The Labute approximate surface area is 103 Å². The number of hydrogen-bond acceptors (Lipinski definition) is 3. The summed E-state index contributed by atoms with van der Waals surface area (Å²) in [6.07, 6.45) is 0.351. The first kappa shape index (κ1) is 13.7. The first-order chi connectivity index (χ1) is 8.15. The van der Waals surface area contributed by atoms with Crippen molar-refractivity contribution in [3.8, 4) is 0 Å². The lowest BCUT2D eigenvalue weighted by molar-refractivity contribution is -0.130. The normalized spacial score (nSPS) is 12.2. The van der Waals surface area contributed by atoms with Gasteiger partial charge in [-0.3, -0.25) is 4.79 Å². The van der Waals surface area contributed by atoms with Crippen LogP contribution in [-0.2, 0) is 4.79 Å². The second kappa shape index (κ2) is 7.04. The third-order valence-electron chi connectivity index (χ3n) is 2.75. The molecule has 1 aromatic rings. The van der Waals surface area contributed by atoms with Crippen LogP contribution in [0.4, 0.5) is 0 Å². The first-order valence-corrected chi connectivity index (χ1v) is 5.84. The molecule has 4 heteroatoms. The molecule has 1 amide bonds. The predicted octanol–water partition coefficient (Wildman–Crippen LogP) is 0.754. The second-order valence-electron chi connectivity index (χ2n) is 4.14. The van der Waals surface area contributed by atoms with Crippen molar-refractivity contribution >= 4 is 5.91 Å². The summed E-state index contributed by atoms with van der Waals surface area (Å²) in [5.74, 6) is 0.0802. The lowest BCUT2D eigenvalue weighted by Gasteiger charge is -2.19. The Morgan fingerprint density at radius 1 is 1.41 bits per heavy atom. The molecule has 0 spiro atoms. The van der Waals surface area contributed by atoms with Crippen LogP contribution in [0.25, 0.3) is 0 Å². The highest BCUT2D eigenvalue weighted by atomic mass is 16.2. The maximum atomic E-state index is 11.9. The molecule has 1 atom stereocenters. The average molecular weight is 235 g/mol. The summed E-state index contributed by atoms with van der Waals surface area (Å²) in [6, 6.07) is 9.49. The molecule has 0 bridgehead atoms. The average Bonchev–Trinajstić information content (AvgIpc) is 2.36. The highest BCUT2D eigenvalue weighted by Gasteiger charge is 2.14. The molecule has 94 valence electrons. The van der Waals surface area contributed by atoms with Gasteiger partial charge in [-0.1, -0.05) is 30.3 Å². The summed E-state index contributed by atoms with van der Waals surface area (Å²) in [6.45, 7) is 1.50. The van der Waals surface area contributed by atoms with E-state index in [1.165, 1.54) is 0 Å². The van der Waals surface area contributed by atoms with Gasteiger partial charge in [0.2, 0.25) is 5.91 Å². The number of nitrogens with two attached hydrogens (primary N) is 1. The van der Waals surface area contributed by atoms with E-state index >= 15 is 0 Å². The van der Waals surface area contributed by atoms with E-state index in [4.69, 9.17) is 5.73 Å². The molecule has 0 saturated carbocycles. The predicted molar refractivity (Wildman–Crippen MR) is 69.6 cm³/mol. The van der Waals surface area contributed by atoms with Crippen LogP contribution in [0.2, 0.25) is 0 Å². The van der Waals surface area contributed by atoms with Crippen molar-refractivity contribution in [2.75, 3.05) is 27.2 Å². The first-order valence-electron chi connectivity index (χ1n) is 5.84. The second-order valence-corrected chi connectivity index (χ2v) is 4.14. The number of likely N-dealkylation sites (N-methyl/N-ethyl adjacent to an activating group) is 2. The molecule has 3 N–H and O–H groups in total. The van der Waals surface area contributed by atoms with Gasteiger partial charge in [0.1, 0.15) is 0 Å². The van der Waals surface area contributed by atoms with E-state index in [2.05, 4.69) is 5.32 Å². The summed E-state index contributed by atoms with van der Waals surface area (Å²) in [4.78, 5) is 13.6. The summed E-state index contributed by atoms with van der Waals surface area (Å²) in [5.41, 5.74) is 7.00. The standard InChI is InChI=1S/C13H21N3O/c1-15-8-9-16(2)13(17)10-12(14)11-6-4-3-5-7-11/h3-7,12,15H,8-10,14H2,1-2H3. The lowest BCUT2D eigenvalue weighted by atomic mass is 10.0. The van der Waals surface area contributed by atoms with Gasteiger partial charge in [0.25, 0.3) is 0 Å². The number of nitrogens with one attached hydrogen (secondary N) is 1. The molecular formula is C13H21N3O. The zero-order chi connectivity index (χ0) is 12.7. The zero-order valence-corrected chi connectivity index (χ0v) is 10.5. The van der Waals surface area contributed by atoms with E-state index < -0.39 is 0 Å². The lowest BCUT2D eigenvalue weighted by Crippen LogP contribution is -2.34. The van der Waals surface area contributed by atoms with E-state index in [9.17, 15) is 4.79 Å². The zero-order valence-electron chi connectivity index (χ0n) is 10.5. The van der Waals surface area contributed by atoms with Gasteiger partial charge in [-0.2, -0.15) is 0 Å². The molecule has 0 aliphatic carbocycles. The number of hydrogen-bond donors (Lipinski definition) is 2. The molecule has 17 heavy (non-hydrogen) atoms. The Hall–Kier alpha value is -1.39. The van der Waals surface area contributed by atoms with Crippen LogP contribution >= 0.6 is 0 Å². The number of benzene rings is 1. The minimum Gasteiger partial charge on any atom is -0.344 e. The molecule has 4 nitrogen and oxygen atoms in total. The summed E-state index contributed by atoms with van der Waals surface area (Å²) < 4.78 is 0. The van der Waals surface area contributed by atoms with E-state index in [0.29, 0.717) is 13.0 Å². The van der Waals surface area contributed by atoms with E-state index in [1.807, 2.05) is 37.4 Å². The quantitative estimate of drug-likeness (QED) is 0.765. The molecule has 0 saturated heterocycles. The molecule has 1 aromatic carbocycles. The van der Waals surface area contributed by atoms with E-state index in [0.717, 1.165) is 12.1 Å². The number of amides is 1. The Morgan fingerprint density at radius 2 is 2.06 bits per heavy atom. The van der Waals surface area contributed by atoms with Crippen LogP contribution < -0.4 is 11.1 Å². The van der Waals surface area contributed by atoms with Crippen LogP contribution in [-0.4, -0.2) is 38.0 Å². The van der Waals surface area contributed by atoms with Crippen molar-refractivity contribution < 1.29 is 4.79 Å². The van der Waals surface area contributed by atoms with E-state index in [-0.39, 0.29) is 11.9 Å². The monoisotopic (exact) mass is 235 g/mol. The fourth-order valence-corrected chi connectivity index (χ4v) is 1.57. The van der Waals surface area contributed by atoms with Crippen molar-refractivity contribution in [1.82, 2.24) is 10.2 Å². The molecule has 0 heterocycles. The van der Waals surface area contributed by atoms with Gasteiger partial charge in [0.05, 0.1) is 0 Å². The highest BCUT2D eigenvalue weighted by molar-refractivity contribution is 5.76. The largest absolute Gasteiger partial charge is 0.344 e. The third kappa shape index (κ3) is 4.54. The highest BCUT2D eigenvalue weighted by Crippen LogP contribution is 2.14. The molecular weight excluding hydrogens is 214 g/mol. The van der Waals surface area contributed by atoms with Crippen LogP contribution in [0.5, 0.6) is 0 Å². The summed E-state index contributed by atoms with van der Waals surface area (Å²) in [7, 11) is 3.67. The number of nitrogens with zero attached hydrogens (tertiary/aromatic N) is 1. The number of carbonyl (C=O) groups excluding carboxylic acids is 1. The molecule has 1 unspecified atom stereocenters. The summed E-state index contributed by atoms with van der Waals surface area (Å²) >= 11 is 0. The van der Waals surface area contributed by atoms with Crippen molar-refractivity contribution in [2.45, 2.75) is 12.5 Å². The molecule has 1 rings (SSSR count). The van der Waals surface area contributed by atoms with Gasteiger partial charge in [0, 0.05) is 32.6 Å². The Kier molecular flexibility index (Phi) is 5.66. The minimum absolute atomic E-state index is 0.0802. The van der Waals surface area contributed by atoms with Crippen LogP contribution in [0, 0.1) is 0 Å². The fourth-order valence-electron chi connectivity index (χ4n) is 1.57. The molecule has 0 aliphatic heterocycles. The molecule has 0 aromatic heterocycles. The minimum atomic E-state index is -0.222. The van der Waals surface area contributed by atoms with Crippen molar-refractivity contribution in [1.29, 1.82) is 0 Å². The molecule has 0 fully saturated rings. The van der Waals surface area contributed by atoms with Crippen LogP contribution in [0.3, 0.4) is 0 Å². The van der Waals surface area contributed by atoms with Crippen LogP contribution in [0.15, 0.2) is 30.3 Å². The smallest absolute Gasteiger partial charge is 0.224 e. The Balaban J connectivity index is 2.46. The van der Waals surface area contributed by atoms with Crippen LogP contribution in [0.1, 0.15) is 18.0 Å². The third-order valence-corrected chi connectivity index (χ3v) is 2.75. The number of rotatable bonds is 6. The van der Waals surface area contributed by atoms with Gasteiger partial charge in [-0.15, -0.1) is 0 Å². The topological polar surface area (TPSA) is 58.4 Å². The molecule has 0 aliphatic rings. The summed E-state index contributed by atoms with van der Waals surface area (Å²) in [5, 5.41) is 3.01. The van der Waals surface area contributed by atoms with Gasteiger partial charge in [-0.05, 0) is 12.6 Å². The SMILES string of the molecule is CNCCN(C)C(=O)CC(N)c1ccccc1. The van der Waals surface area contributed by atoms with Gasteiger partial charge in [-0.25, -0.2) is 0 Å². The van der Waals surface area contributed by atoms with Crippen molar-refractivity contribution in [3.63, 3.8) is 0 Å². The molecule has 0 radical (unpaired) electrons. The van der Waals surface area contributed by atoms with Gasteiger partial charge >= 0.3 is 0 Å². The van der Waals surface area contributed by atoms with Gasteiger partial charge < -0.3 is 16.0 Å².